The van der Waals surface area contributed by atoms with E-state index in [0.717, 1.165) is 31.7 Å². The summed E-state index contributed by atoms with van der Waals surface area (Å²) >= 11 is 11.3. The highest BCUT2D eigenvalue weighted by Crippen LogP contribution is 2.31. The van der Waals surface area contributed by atoms with Crippen LogP contribution in [-0.2, 0) is 0 Å². The second-order valence-electron chi connectivity index (χ2n) is 4.04. The molecule has 0 fully saturated rings. The molecule has 0 aliphatic carbocycles. The molecule has 0 N–H and O–H groups in total. The minimum Gasteiger partial charge on any atom is -0.254 e. The van der Waals surface area contributed by atoms with E-state index < -0.39 is 0 Å². The molecule has 0 amide bonds. The SMILES string of the molecule is Clc1cccc(N2CSC(c3ccccc3Br)=N2)c1. The highest BCUT2D eigenvalue weighted by molar-refractivity contribution is 9.10. The average molecular weight is 354 g/mol. The van der Waals surface area contributed by atoms with Gasteiger partial charge < -0.3 is 0 Å². The second kappa shape index (κ2) is 5.57. The minimum absolute atomic E-state index is 0.729. The lowest BCUT2D eigenvalue weighted by Crippen LogP contribution is -2.10. The number of halogens is 2. The van der Waals surface area contributed by atoms with Crippen molar-refractivity contribution in [3.05, 3.63) is 63.6 Å². The molecule has 0 atom stereocenters. The van der Waals surface area contributed by atoms with Gasteiger partial charge in [0.15, 0.2) is 0 Å². The number of hydrogen-bond donors (Lipinski definition) is 0. The molecule has 96 valence electrons. The van der Waals surface area contributed by atoms with E-state index in [1.165, 1.54) is 0 Å². The zero-order valence-electron chi connectivity index (χ0n) is 9.88. The van der Waals surface area contributed by atoms with Crippen molar-refractivity contribution in [3.63, 3.8) is 0 Å². The van der Waals surface area contributed by atoms with Gasteiger partial charge in [-0.05, 0) is 24.3 Å². The van der Waals surface area contributed by atoms with Gasteiger partial charge in [0.2, 0.25) is 0 Å². The molecule has 5 heteroatoms. The fraction of sp³-hybridized carbons (Fsp3) is 0.0714. The Morgan fingerprint density at radius 3 is 2.79 bits per heavy atom. The predicted octanol–water partition coefficient (Wildman–Crippen LogP) is 4.98. The van der Waals surface area contributed by atoms with Gasteiger partial charge in [0.1, 0.15) is 5.04 Å². The Kier molecular flexibility index (Phi) is 3.82. The summed E-state index contributed by atoms with van der Waals surface area (Å²) in [6.45, 7) is 0. The summed E-state index contributed by atoms with van der Waals surface area (Å²) in [4.78, 5) is 0. The van der Waals surface area contributed by atoms with E-state index in [2.05, 4.69) is 27.1 Å². The van der Waals surface area contributed by atoms with E-state index in [4.69, 9.17) is 11.6 Å². The molecule has 2 aromatic carbocycles. The first-order chi connectivity index (χ1) is 9.24. The Labute approximate surface area is 129 Å². The maximum Gasteiger partial charge on any atom is 0.127 e. The Morgan fingerprint density at radius 2 is 2.00 bits per heavy atom. The Bertz CT molecular complexity index is 645. The standard InChI is InChI=1S/C14H10BrClN2S/c15-13-7-2-1-6-12(13)14-17-18(9-19-14)11-5-3-4-10(16)8-11/h1-8H,9H2. The Balaban J connectivity index is 1.92. The number of nitrogens with zero attached hydrogens (tertiary/aromatic N) is 2. The molecule has 1 aliphatic rings. The van der Waals surface area contributed by atoms with Crippen LogP contribution in [0, 0.1) is 0 Å². The third-order valence-corrected chi connectivity index (χ3v) is 4.62. The van der Waals surface area contributed by atoms with Crippen molar-refractivity contribution >= 4 is 50.0 Å². The lowest BCUT2D eigenvalue weighted by Gasteiger charge is -2.12. The fourth-order valence-corrected chi connectivity index (χ4v) is 3.55. The number of anilines is 1. The van der Waals surface area contributed by atoms with Crippen molar-refractivity contribution in [1.29, 1.82) is 0 Å². The van der Waals surface area contributed by atoms with Crippen LogP contribution in [0.3, 0.4) is 0 Å². The zero-order chi connectivity index (χ0) is 13.2. The molecule has 2 nitrogen and oxygen atoms in total. The van der Waals surface area contributed by atoms with Crippen molar-refractivity contribution < 1.29 is 0 Å². The van der Waals surface area contributed by atoms with Gasteiger partial charge in [-0.1, -0.05) is 63.6 Å². The normalized spacial score (nSPS) is 14.6. The molecule has 3 rings (SSSR count). The van der Waals surface area contributed by atoms with E-state index in [-0.39, 0.29) is 0 Å². The smallest absolute Gasteiger partial charge is 0.127 e. The summed E-state index contributed by atoms with van der Waals surface area (Å²) in [7, 11) is 0. The van der Waals surface area contributed by atoms with E-state index in [1.54, 1.807) is 11.8 Å². The predicted molar refractivity (Wildman–Crippen MR) is 87.1 cm³/mol. The molecule has 1 aliphatic heterocycles. The largest absolute Gasteiger partial charge is 0.254 e. The van der Waals surface area contributed by atoms with Crippen LogP contribution in [0.25, 0.3) is 0 Å². The minimum atomic E-state index is 0.729. The van der Waals surface area contributed by atoms with Gasteiger partial charge in [0, 0.05) is 15.1 Å². The number of hydrogen-bond acceptors (Lipinski definition) is 3. The molecule has 0 spiro atoms. The molecule has 2 aromatic rings. The van der Waals surface area contributed by atoms with Crippen LogP contribution in [0.4, 0.5) is 5.69 Å². The van der Waals surface area contributed by atoms with Gasteiger partial charge in [-0.15, -0.1) is 0 Å². The number of benzene rings is 2. The molecular formula is C14H10BrClN2S. The van der Waals surface area contributed by atoms with Gasteiger partial charge in [-0.25, -0.2) is 0 Å². The van der Waals surface area contributed by atoms with Crippen molar-refractivity contribution in [2.45, 2.75) is 0 Å². The summed E-state index contributed by atoms with van der Waals surface area (Å²) in [5.74, 6) is 0.803. The Morgan fingerprint density at radius 1 is 1.16 bits per heavy atom. The first-order valence-electron chi connectivity index (χ1n) is 5.73. The third kappa shape index (κ3) is 2.81. The summed E-state index contributed by atoms with van der Waals surface area (Å²) < 4.78 is 1.06. The summed E-state index contributed by atoms with van der Waals surface area (Å²) in [6, 6.07) is 15.9. The van der Waals surface area contributed by atoms with Crippen molar-refractivity contribution in [1.82, 2.24) is 0 Å². The van der Waals surface area contributed by atoms with Gasteiger partial charge in [-0.3, -0.25) is 5.01 Å². The maximum atomic E-state index is 6.01. The van der Waals surface area contributed by atoms with E-state index in [9.17, 15) is 0 Å². The quantitative estimate of drug-likeness (QED) is 0.757. The molecule has 0 saturated heterocycles. The lowest BCUT2D eigenvalue weighted by molar-refractivity contribution is 1.01. The molecule has 0 saturated carbocycles. The van der Waals surface area contributed by atoms with Crippen LogP contribution in [0.5, 0.6) is 0 Å². The summed E-state index contributed by atoms with van der Waals surface area (Å²) in [6.07, 6.45) is 0. The average Bonchev–Trinajstić information content (AvgIpc) is 2.89. The first-order valence-corrected chi connectivity index (χ1v) is 7.89. The van der Waals surface area contributed by atoms with E-state index >= 15 is 0 Å². The van der Waals surface area contributed by atoms with Crippen LogP contribution in [0.1, 0.15) is 5.56 Å². The molecule has 19 heavy (non-hydrogen) atoms. The first kappa shape index (κ1) is 13.0. The molecule has 0 aromatic heterocycles. The second-order valence-corrected chi connectivity index (χ2v) is 6.26. The van der Waals surface area contributed by atoms with Crippen LogP contribution in [0.2, 0.25) is 5.02 Å². The lowest BCUT2D eigenvalue weighted by atomic mass is 10.2. The van der Waals surface area contributed by atoms with Crippen molar-refractivity contribution in [3.8, 4) is 0 Å². The molecule has 0 bridgehead atoms. The topological polar surface area (TPSA) is 15.6 Å². The van der Waals surface area contributed by atoms with Crippen molar-refractivity contribution in [2.24, 2.45) is 5.10 Å². The van der Waals surface area contributed by atoms with E-state index in [0.29, 0.717) is 0 Å². The number of rotatable bonds is 2. The maximum absolute atomic E-state index is 6.01. The van der Waals surface area contributed by atoms with Crippen molar-refractivity contribution in [2.75, 3.05) is 10.9 Å². The summed E-state index contributed by atoms with van der Waals surface area (Å²) in [5, 5.41) is 8.37. The molecule has 0 unspecified atom stereocenters. The number of hydrazone groups is 1. The van der Waals surface area contributed by atoms with Crippen LogP contribution < -0.4 is 5.01 Å². The third-order valence-electron chi connectivity index (χ3n) is 2.75. The van der Waals surface area contributed by atoms with Gasteiger partial charge in [-0.2, -0.15) is 5.10 Å². The monoisotopic (exact) mass is 352 g/mol. The fourth-order valence-electron chi connectivity index (χ4n) is 1.82. The Hall–Kier alpha value is -0.970. The zero-order valence-corrected chi connectivity index (χ0v) is 13.0. The molecule has 0 radical (unpaired) electrons. The van der Waals surface area contributed by atoms with Gasteiger partial charge in [0.05, 0.1) is 11.6 Å². The van der Waals surface area contributed by atoms with Crippen LogP contribution >= 0.6 is 39.3 Å². The van der Waals surface area contributed by atoms with Gasteiger partial charge in [0.25, 0.3) is 0 Å². The van der Waals surface area contributed by atoms with Crippen LogP contribution in [0.15, 0.2) is 58.1 Å². The highest BCUT2D eigenvalue weighted by Gasteiger charge is 2.19. The summed E-state index contributed by atoms with van der Waals surface area (Å²) in [5.41, 5.74) is 2.14. The molecule has 1 heterocycles. The molecular weight excluding hydrogens is 344 g/mol. The van der Waals surface area contributed by atoms with Gasteiger partial charge >= 0.3 is 0 Å². The highest BCUT2D eigenvalue weighted by atomic mass is 79.9. The number of thioether (sulfide) groups is 1. The van der Waals surface area contributed by atoms with E-state index in [1.807, 2.05) is 47.5 Å². The van der Waals surface area contributed by atoms with Crippen LogP contribution in [-0.4, -0.2) is 10.9 Å².